The number of nitrogens with one attached hydrogen (secondary N) is 1. The Kier molecular flexibility index (Phi) is 7.67. The van der Waals surface area contributed by atoms with E-state index in [9.17, 15) is 0 Å². The minimum absolute atomic E-state index is 0.786. The number of benzene rings is 1. The molecule has 0 atom stereocenters. The Morgan fingerprint density at radius 1 is 1.19 bits per heavy atom. The highest BCUT2D eigenvalue weighted by molar-refractivity contribution is 7.98. The summed E-state index contributed by atoms with van der Waals surface area (Å²) in [6.45, 7) is 1.86. The van der Waals surface area contributed by atoms with Crippen LogP contribution in [0.15, 0.2) is 30.3 Å². The summed E-state index contributed by atoms with van der Waals surface area (Å²) in [6.07, 6.45) is 4.69. The largest absolute Gasteiger partial charge is 0.306 e. The summed E-state index contributed by atoms with van der Waals surface area (Å²) in [5.74, 6) is 7.52. The zero-order chi connectivity index (χ0) is 11.5. The second-order valence-electron chi connectivity index (χ2n) is 3.54. The van der Waals surface area contributed by atoms with E-state index in [0.717, 1.165) is 18.7 Å². The Morgan fingerprint density at radius 2 is 2.00 bits per heavy atom. The lowest BCUT2D eigenvalue weighted by Gasteiger charge is -1.99. The standard InChI is InChI=1S/C14H19NS/c1-16-13-6-5-11-15-12-7-10-14-8-3-2-4-9-14/h2-4,8-9,15H,5-6,11-13H2,1H3. The number of hydrogen-bond acceptors (Lipinski definition) is 2. The first-order valence-electron chi connectivity index (χ1n) is 5.67. The molecule has 1 N–H and O–H groups in total. The number of thioether (sulfide) groups is 1. The average Bonchev–Trinajstić information content (AvgIpc) is 2.34. The number of rotatable bonds is 6. The van der Waals surface area contributed by atoms with E-state index in [0.29, 0.717) is 0 Å². The quantitative estimate of drug-likeness (QED) is 0.599. The normalized spacial score (nSPS) is 9.56. The lowest BCUT2D eigenvalue weighted by atomic mass is 10.2. The zero-order valence-corrected chi connectivity index (χ0v) is 10.6. The monoisotopic (exact) mass is 233 g/mol. The molecule has 0 fully saturated rings. The third-order valence-electron chi connectivity index (χ3n) is 2.17. The first-order chi connectivity index (χ1) is 7.93. The van der Waals surface area contributed by atoms with E-state index in [1.807, 2.05) is 42.1 Å². The molecule has 2 heteroatoms. The maximum atomic E-state index is 3.33. The summed E-state index contributed by atoms with van der Waals surface area (Å²) in [5.41, 5.74) is 1.09. The second kappa shape index (κ2) is 9.33. The Bertz CT molecular complexity index is 324. The predicted molar refractivity (Wildman–Crippen MR) is 73.8 cm³/mol. The van der Waals surface area contributed by atoms with Gasteiger partial charge in [0.05, 0.1) is 6.54 Å². The molecule has 0 spiro atoms. The van der Waals surface area contributed by atoms with Gasteiger partial charge < -0.3 is 5.32 Å². The molecule has 0 amide bonds. The van der Waals surface area contributed by atoms with Crippen LogP contribution < -0.4 is 5.32 Å². The van der Waals surface area contributed by atoms with Crippen LogP contribution in [0.2, 0.25) is 0 Å². The van der Waals surface area contributed by atoms with Crippen molar-refractivity contribution in [1.82, 2.24) is 5.32 Å². The summed E-state index contributed by atoms with van der Waals surface area (Å²) < 4.78 is 0. The Morgan fingerprint density at radius 3 is 2.75 bits per heavy atom. The van der Waals surface area contributed by atoms with E-state index >= 15 is 0 Å². The molecule has 0 saturated heterocycles. The van der Waals surface area contributed by atoms with Crippen LogP contribution in [0.5, 0.6) is 0 Å². The van der Waals surface area contributed by atoms with Gasteiger partial charge >= 0.3 is 0 Å². The molecule has 1 nitrogen and oxygen atoms in total. The first kappa shape index (κ1) is 13.2. The van der Waals surface area contributed by atoms with Gasteiger partial charge in [0.25, 0.3) is 0 Å². The Labute approximate surface area is 103 Å². The van der Waals surface area contributed by atoms with Gasteiger partial charge in [-0.2, -0.15) is 11.8 Å². The average molecular weight is 233 g/mol. The molecule has 1 rings (SSSR count). The van der Waals surface area contributed by atoms with E-state index in [-0.39, 0.29) is 0 Å². The van der Waals surface area contributed by atoms with Gasteiger partial charge in [-0.1, -0.05) is 30.0 Å². The third kappa shape index (κ3) is 6.55. The highest BCUT2D eigenvalue weighted by Crippen LogP contribution is 1.97. The van der Waals surface area contributed by atoms with Crippen molar-refractivity contribution >= 4 is 11.8 Å². The molecule has 1 aromatic carbocycles. The molecule has 16 heavy (non-hydrogen) atoms. The van der Waals surface area contributed by atoms with Crippen LogP contribution in [-0.4, -0.2) is 25.1 Å². The molecule has 0 aliphatic rings. The van der Waals surface area contributed by atoms with Crippen molar-refractivity contribution in [3.05, 3.63) is 35.9 Å². The van der Waals surface area contributed by atoms with E-state index in [1.54, 1.807) is 0 Å². The van der Waals surface area contributed by atoms with Crippen molar-refractivity contribution in [3.63, 3.8) is 0 Å². The van der Waals surface area contributed by atoms with Crippen LogP contribution in [-0.2, 0) is 0 Å². The molecular formula is C14H19NS. The number of unbranched alkanes of at least 4 members (excludes halogenated alkanes) is 1. The zero-order valence-electron chi connectivity index (χ0n) is 9.83. The molecule has 0 bridgehead atoms. The summed E-state index contributed by atoms with van der Waals surface area (Å²) in [6, 6.07) is 10.1. The van der Waals surface area contributed by atoms with Crippen LogP contribution >= 0.6 is 11.8 Å². The molecule has 0 unspecified atom stereocenters. The molecule has 0 aliphatic heterocycles. The van der Waals surface area contributed by atoms with Gasteiger partial charge in [-0.3, -0.25) is 0 Å². The Balaban J connectivity index is 2.05. The first-order valence-corrected chi connectivity index (χ1v) is 7.06. The van der Waals surface area contributed by atoms with E-state index in [1.165, 1.54) is 18.6 Å². The molecule has 0 radical (unpaired) electrons. The molecule has 0 saturated carbocycles. The van der Waals surface area contributed by atoms with E-state index in [4.69, 9.17) is 0 Å². The topological polar surface area (TPSA) is 12.0 Å². The number of hydrogen-bond donors (Lipinski definition) is 1. The van der Waals surface area contributed by atoms with E-state index < -0.39 is 0 Å². The van der Waals surface area contributed by atoms with Crippen LogP contribution in [0, 0.1) is 11.8 Å². The molecular weight excluding hydrogens is 214 g/mol. The minimum Gasteiger partial charge on any atom is -0.306 e. The fraction of sp³-hybridized carbons (Fsp3) is 0.429. The van der Waals surface area contributed by atoms with Crippen molar-refractivity contribution < 1.29 is 0 Å². The van der Waals surface area contributed by atoms with Gasteiger partial charge in [0.1, 0.15) is 0 Å². The molecule has 1 aromatic rings. The van der Waals surface area contributed by atoms with Gasteiger partial charge in [0, 0.05) is 5.56 Å². The van der Waals surface area contributed by atoms with Crippen molar-refractivity contribution in [2.45, 2.75) is 12.8 Å². The highest BCUT2D eigenvalue weighted by atomic mass is 32.2. The van der Waals surface area contributed by atoms with Crippen LogP contribution in [0.4, 0.5) is 0 Å². The van der Waals surface area contributed by atoms with Gasteiger partial charge in [-0.25, -0.2) is 0 Å². The van der Waals surface area contributed by atoms with Gasteiger partial charge in [-0.05, 0) is 43.5 Å². The highest BCUT2D eigenvalue weighted by Gasteiger charge is 1.86. The molecule has 0 aliphatic carbocycles. The van der Waals surface area contributed by atoms with Crippen LogP contribution in [0.25, 0.3) is 0 Å². The van der Waals surface area contributed by atoms with Gasteiger partial charge in [0.15, 0.2) is 0 Å². The molecule has 0 aromatic heterocycles. The molecule has 0 heterocycles. The summed E-state index contributed by atoms with van der Waals surface area (Å²) >= 11 is 1.91. The lowest BCUT2D eigenvalue weighted by Crippen LogP contribution is -2.15. The fourth-order valence-corrected chi connectivity index (χ4v) is 1.81. The second-order valence-corrected chi connectivity index (χ2v) is 4.53. The maximum absolute atomic E-state index is 3.33. The van der Waals surface area contributed by atoms with Crippen molar-refractivity contribution in [1.29, 1.82) is 0 Å². The van der Waals surface area contributed by atoms with Crippen LogP contribution in [0.3, 0.4) is 0 Å². The van der Waals surface area contributed by atoms with Crippen LogP contribution in [0.1, 0.15) is 18.4 Å². The van der Waals surface area contributed by atoms with Crippen molar-refractivity contribution in [3.8, 4) is 11.8 Å². The third-order valence-corrected chi connectivity index (χ3v) is 2.87. The van der Waals surface area contributed by atoms with Gasteiger partial charge in [0.2, 0.25) is 0 Å². The maximum Gasteiger partial charge on any atom is 0.0580 e. The lowest BCUT2D eigenvalue weighted by molar-refractivity contribution is 0.690. The van der Waals surface area contributed by atoms with Gasteiger partial charge in [-0.15, -0.1) is 0 Å². The van der Waals surface area contributed by atoms with Crippen molar-refractivity contribution in [2.75, 3.05) is 25.1 Å². The fourth-order valence-electron chi connectivity index (χ4n) is 1.32. The summed E-state index contributed by atoms with van der Waals surface area (Å²) in [7, 11) is 0. The Hall–Kier alpha value is -0.910. The van der Waals surface area contributed by atoms with E-state index in [2.05, 4.69) is 23.4 Å². The minimum atomic E-state index is 0.786. The SMILES string of the molecule is CSCCCCNCC#Cc1ccccc1. The predicted octanol–water partition coefficient (Wildman–Crippen LogP) is 2.77. The van der Waals surface area contributed by atoms with Crippen molar-refractivity contribution in [2.24, 2.45) is 0 Å². The smallest absolute Gasteiger partial charge is 0.0580 e. The summed E-state index contributed by atoms with van der Waals surface area (Å²) in [5, 5.41) is 3.33. The molecule has 86 valence electrons. The summed E-state index contributed by atoms with van der Waals surface area (Å²) in [4.78, 5) is 0.